The Morgan fingerprint density at radius 2 is 1.57 bits per heavy atom. The summed E-state index contributed by atoms with van der Waals surface area (Å²) in [5, 5.41) is 18.9. The third-order valence-corrected chi connectivity index (χ3v) is 2.82. The number of aliphatic hydroxyl groups excluding tert-OH is 2. The Kier molecular flexibility index (Phi) is 5.43. The molecule has 0 saturated heterocycles. The van der Waals surface area contributed by atoms with Crippen LogP contribution in [0.1, 0.15) is 5.56 Å². The summed E-state index contributed by atoms with van der Waals surface area (Å²) < 4.78 is 10.9. The second-order valence-corrected chi connectivity index (χ2v) is 4.65. The summed E-state index contributed by atoms with van der Waals surface area (Å²) in [6, 6.07) is 14.1. The van der Waals surface area contributed by atoms with Gasteiger partial charge in [0.2, 0.25) is 0 Å². The smallest absolute Gasteiger partial charge is 0.122 e. The maximum atomic E-state index is 9.84. The average molecular weight is 289 g/mol. The van der Waals surface area contributed by atoms with Crippen molar-refractivity contribution in [3.05, 3.63) is 54.1 Å². The van der Waals surface area contributed by atoms with Crippen LogP contribution in [0.15, 0.2) is 48.5 Å². The van der Waals surface area contributed by atoms with Crippen molar-refractivity contribution in [3.8, 4) is 11.5 Å². The molecular formula is C16H19NO4. The third kappa shape index (κ3) is 4.98. The first-order valence-electron chi connectivity index (χ1n) is 6.66. The Hall–Kier alpha value is -2.24. The van der Waals surface area contributed by atoms with Gasteiger partial charge >= 0.3 is 0 Å². The molecule has 2 rings (SSSR count). The van der Waals surface area contributed by atoms with Gasteiger partial charge in [0.25, 0.3) is 0 Å². The zero-order chi connectivity index (χ0) is 15.1. The fourth-order valence-corrected chi connectivity index (χ4v) is 1.77. The van der Waals surface area contributed by atoms with Crippen LogP contribution in [0.3, 0.4) is 0 Å². The van der Waals surface area contributed by atoms with Crippen LogP contribution in [-0.2, 0) is 6.61 Å². The minimum atomic E-state index is -0.760. The number of nitrogen functional groups attached to an aromatic ring is 1. The molecule has 112 valence electrons. The molecule has 2 aromatic rings. The number of rotatable bonds is 7. The molecule has 0 radical (unpaired) electrons. The zero-order valence-corrected chi connectivity index (χ0v) is 11.6. The molecule has 0 spiro atoms. The Morgan fingerprint density at radius 1 is 0.952 bits per heavy atom. The van der Waals surface area contributed by atoms with Gasteiger partial charge in [0.05, 0.1) is 6.61 Å². The van der Waals surface area contributed by atoms with Crippen molar-refractivity contribution in [2.24, 2.45) is 0 Å². The molecule has 5 heteroatoms. The molecule has 0 aromatic heterocycles. The molecule has 4 N–H and O–H groups in total. The Bertz CT molecular complexity index is 574. The van der Waals surface area contributed by atoms with Crippen LogP contribution < -0.4 is 15.2 Å². The molecule has 1 unspecified atom stereocenters. The van der Waals surface area contributed by atoms with Gasteiger partial charge in [0.15, 0.2) is 0 Å². The second-order valence-electron chi connectivity index (χ2n) is 4.65. The lowest BCUT2D eigenvalue weighted by molar-refractivity contribution is 0.0626. The molecule has 0 heterocycles. The first-order valence-corrected chi connectivity index (χ1v) is 6.66. The van der Waals surface area contributed by atoms with Crippen molar-refractivity contribution in [2.75, 3.05) is 18.9 Å². The largest absolute Gasteiger partial charge is 0.491 e. The summed E-state index contributed by atoms with van der Waals surface area (Å²) in [4.78, 5) is 0. The highest BCUT2D eigenvalue weighted by molar-refractivity contribution is 5.43. The average Bonchev–Trinajstić information content (AvgIpc) is 2.51. The van der Waals surface area contributed by atoms with Crippen LogP contribution in [0.5, 0.6) is 11.5 Å². The molecule has 0 saturated carbocycles. The molecule has 2 aromatic carbocycles. The summed E-state index contributed by atoms with van der Waals surface area (Å²) >= 11 is 0. The Labute approximate surface area is 123 Å². The molecule has 5 nitrogen and oxygen atoms in total. The van der Waals surface area contributed by atoms with Crippen molar-refractivity contribution in [1.82, 2.24) is 0 Å². The van der Waals surface area contributed by atoms with Crippen LogP contribution in [-0.4, -0.2) is 29.5 Å². The molecule has 0 aliphatic heterocycles. The Balaban J connectivity index is 1.78. The van der Waals surface area contributed by atoms with E-state index in [-0.39, 0.29) is 19.8 Å². The summed E-state index contributed by atoms with van der Waals surface area (Å²) in [5.41, 5.74) is 7.01. The first kappa shape index (κ1) is 15.2. The van der Waals surface area contributed by atoms with E-state index in [0.29, 0.717) is 17.2 Å². The standard InChI is InChI=1S/C16H19NO4/c17-13-4-2-6-16(8-13)21-11-14(19)10-20-15-5-1-3-12(7-15)9-18/h1-8,14,18-19H,9-11,17H2. The van der Waals surface area contributed by atoms with Gasteiger partial charge in [-0.1, -0.05) is 18.2 Å². The number of hydrogen-bond acceptors (Lipinski definition) is 5. The van der Waals surface area contributed by atoms with E-state index in [2.05, 4.69) is 0 Å². The lowest BCUT2D eigenvalue weighted by atomic mass is 10.2. The molecule has 0 aliphatic rings. The van der Waals surface area contributed by atoms with E-state index in [9.17, 15) is 5.11 Å². The SMILES string of the molecule is Nc1cccc(OCC(O)COc2cccc(CO)c2)c1. The summed E-state index contributed by atoms with van der Waals surface area (Å²) in [6.07, 6.45) is -0.760. The van der Waals surface area contributed by atoms with Crippen molar-refractivity contribution < 1.29 is 19.7 Å². The number of nitrogens with two attached hydrogens (primary N) is 1. The number of ether oxygens (including phenoxy) is 2. The zero-order valence-electron chi connectivity index (χ0n) is 11.6. The van der Waals surface area contributed by atoms with Gasteiger partial charge in [-0.3, -0.25) is 0 Å². The van der Waals surface area contributed by atoms with E-state index < -0.39 is 6.10 Å². The molecule has 0 amide bonds. The highest BCUT2D eigenvalue weighted by Gasteiger charge is 2.07. The fraction of sp³-hybridized carbons (Fsp3) is 0.250. The predicted molar refractivity (Wildman–Crippen MR) is 80.2 cm³/mol. The first-order chi connectivity index (χ1) is 10.2. The Morgan fingerprint density at radius 3 is 2.19 bits per heavy atom. The van der Waals surface area contributed by atoms with Crippen LogP contribution in [0, 0.1) is 0 Å². The van der Waals surface area contributed by atoms with Crippen LogP contribution in [0.2, 0.25) is 0 Å². The number of aliphatic hydroxyl groups is 2. The maximum absolute atomic E-state index is 9.84. The summed E-state index contributed by atoms with van der Waals surface area (Å²) in [5.74, 6) is 1.21. The van der Waals surface area contributed by atoms with Gasteiger partial charge < -0.3 is 25.4 Å². The van der Waals surface area contributed by atoms with E-state index in [0.717, 1.165) is 5.56 Å². The number of hydrogen-bond donors (Lipinski definition) is 3. The minimum Gasteiger partial charge on any atom is -0.491 e. The number of benzene rings is 2. The van der Waals surface area contributed by atoms with Gasteiger partial charge in [-0.25, -0.2) is 0 Å². The van der Waals surface area contributed by atoms with Gasteiger partial charge in [-0.2, -0.15) is 0 Å². The van der Waals surface area contributed by atoms with E-state index in [4.69, 9.17) is 20.3 Å². The van der Waals surface area contributed by atoms with Gasteiger partial charge in [0, 0.05) is 11.8 Å². The van der Waals surface area contributed by atoms with E-state index in [1.807, 2.05) is 0 Å². The lowest BCUT2D eigenvalue weighted by Crippen LogP contribution is -2.25. The summed E-state index contributed by atoms with van der Waals surface area (Å²) in [7, 11) is 0. The van der Waals surface area contributed by atoms with Gasteiger partial charge in [-0.05, 0) is 29.8 Å². The fourth-order valence-electron chi connectivity index (χ4n) is 1.77. The van der Waals surface area contributed by atoms with Crippen LogP contribution >= 0.6 is 0 Å². The molecule has 0 fully saturated rings. The molecule has 0 bridgehead atoms. The van der Waals surface area contributed by atoms with Gasteiger partial charge in [0.1, 0.15) is 30.8 Å². The molecule has 0 aliphatic carbocycles. The minimum absolute atomic E-state index is 0.0434. The predicted octanol–water partition coefficient (Wildman–Crippen LogP) is 1.58. The van der Waals surface area contributed by atoms with E-state index in [1.165, 1.54) is 0 Å². The quantitative estimate of drug-likeness (QED) is 0.674. The monoisotopic (exact) mass is 289 g/mol. The highest BCUT2D eigenvalue weighted by Crippen LogP contribution is 2.15. The molecule has 1 atom stereocenters. The van der Waals surface area contributed by atoms with Crippen molar-refractivity contribution in [3.63, 3.8) is 0 Å². The van der Waals surface area contributed by atoms with Crippen LogP contribution in [0.4, 0.5) is 5.69 Å². The normalized spacial score (nSPS) is 11.9. The van der Waals surface area contributed by atoms with Crippen LogP contribution in [0.25, 0.3) is 0 Å². The van der Waals surface area contributed by atoms with Gasteiger partial charge in [-0.15, -0.1) is 0 Å². The van der Waals surface area contributed by atoms with Crippen molar-refractivity contribution in [1.29, 1.82) is 0 Å². The lowest BCUT2D eigenvalue weighted by Gasteiger charge is -2.14. The topological polar surface area (TPSA) is 84.9 Å². The maximum Gasteiger partial charge on any atom is 0.122 e. The molecular weight excluding hydrogens is 270 g/mol. The number of anilines is 1. The second kappa shape index (κ2) is 7.52. The highest BCUT2D eigenvalue weighted by atomic mass is 16.5. The molecule has 21 heavy (non-hydrogen) atoms. The van der Waals surface area contributed by atoms with E-state index in [1.54, 1.807) is 48.5 Å². The van der Waals surface area contributed by atoms with Crippen molar-refractivity contribution >= 4 is 5.69 Å². The summed E-state index contributed by atoms with van der Waals surface area (Å²) in [6.45, 7) is 0.179. The van der Waals surface area contributed by atoms with E-state index >= 15 is 0 Å². The third-order valence-electron chi connectivity index (χ3n) is 2.82. The van der Waals surface area contributed by atoms with Crippen molar-refractivity contribution in [2.45, 2.75) is 12.7 Å².